The van der Waals surface area contributed by atoms with E-state index in [1.54, 1.807) is 7.05 Å². The first kappa shape index (κ1) is 9.54. The fourth-order valence-electron chi connectivity index (χ4n) is 1.01. The van der Waals surface area contributed by atoms with Crippen molar-refractivity contribution < 1.29 is 15.0 Å². The molecule has 1 aromatic rings. The summed E-state index contributed by atoms with van der Waals surface area (Å²) in [5, 5.41) is 21.1. The number of nitrogens with one attached hydrogen (secondary N) is 1. The number of carbonyl (C=O) groups excluding carboxylic acids is 1. The Kier molecular flexibility index (Phi) is 2.87. The van der Waals surface area contributed by atoms with Gasteiger partial charge in [-0.1, -0.05) is 6.07 Å². The average molecular weight is 181 g/mol. The van der Waals surface area contributed by atoms with Gasteiger partial charge in [-0.2, -0.15) is 0 Å². The van der Waals surface area contributed by atoms with Crippen LogP contribution in [0.1, 0.15) is 10.4 Å². The van der Waals surface area contributed by atoms with E-state index in [0.29, 0.717) is 0 Å². The van der Waals surface area contributed by atoms with E-state index in [4.69, 9.17) is 5.11 Å². The summed E-state index contributed by atoms with van der Waals surface area (Å²) in [5.41, 5.74) is 0.134. The Balaban J connectivity index is 3.01. The molecule has 1 rings (SSSR count). The first-order valence-electron chi connectivity index (χ1n) is 3.85. The zero-order chi connectivity index (χ0) is 9.84. The van der Waals surface area contributed by atoms with E-state index in [0.717, 1.165) is 0 Å². The largest absolute Gasteiger partial charge is 0.504 e. The molecule has 0 atom stereocenters. The van der Waals surface area contributed by atoms with Crippen molar-refractivity contribution in [1.82, 2.24) is 5.32 Å². The van der Waals surface area contributed by atoms with Gasteiger partial charge in [0.15, 0.2) is 17.3 Å². The fourth-order valence-corrected chi connectivity index (χ4v) is 1.01. The fraction of sp³-hybridized carbons (Fsp3) is 0.222. The lowest BCUT2D eigenvalue weighted by atomic mass is 10.1. The minimum absolute atomic E-state index is 0.134. The Morgan fingerprint density at radius 1 is 1.46 bits per heavy atom. The summed E-state index contributed by atoms with van der Waals surface area (Å²) >= 11 is 0. The standard InChI is InChI=1S/C9H11NO3/c1-10-5-8(12)6-3-2-4-7(11)9(6)13/h2-4,10-11,13H,5H2,1H3. The number of phenolic OH excluding ortho intramolecular Hbond substituents is 2. The molecule has 0 aliphatic carbocycles. The Bertz CT molecular complexity index is 323. The molecule has 70 valence electrons. The van der Waals surface area contributed by atoms with Crippen molar-refractivity contribution in [2.75, 3.05) is 13.6 Å². The Morgan fingerprint density at radius 2 is 2.15 bits per heavy atom. The van der Waals surface area contributed by atoms with Crippen LogP contribution in [0.2, 0.25) is 0 Å². The first-order chi connectivity index (χ1) is 6.16. The second-order valence-corrected chi connectivity index (χ2v) is 2.63. The summed E-state index contributed by atoms with van der Waals surface area (Å²) in [4.78, 5) is 11.3. The normalized spacial score (nSPS) is 9.92. The number of aromatic hydroxyl groups is 2. The highest BCUT2D eigenvalue weighted by molar-refractivity contribution is 6.00. The first-order valence-corrected chi connectivity index (χ1v) is 3.85. The minimum atomic E-state index is -0.359. The van der Waals surface area contributed by atoms with Gasteiger partial charge in [0.25, 0.3) is 0 Å². The molecule has 0 aliphatic heterocycles. The van der Waals surface area contributed by atoms with Crippen molar-refractivity contribution in [2.45, 2.75) is 0 Å². The zero-order valence-electron chi connectivity index (χ0n) is 7.24. The van der Waals surface area contributed by atoms with Crippen molar-refractivity contribution in [3.05, 3.63) is 23.8 Å². The second kappa shape index (κ2) is 3.91. The maximum Gasteiger partial charge on any atom is 0.180 e. The maximum absolute atomic E-state index is 11.3. The van der Waals surface area contributed by atoms with Crippen molar-refractivity contribution >= 4 is 5.78 Å². The number of carbonyl (C=O) groups is 1. The van der Waals surface area contributed by atoms with Crippen LogP contribution in [-0.4, -0.2) is 29.6 Å². The van der Waals surface area contributed by atoms with Gasteiger partial charge in [-0.05, 0) is 19.2 Å². The Morgan fingerprint density at radius 3 is 2.77 bits per heavy atom. The third-order valence-corrected chi connectivity index (χ3v) is 1.65. The van der Waals surface area contributed by atoms with Crippen LogP contribution in [-0.2, 0) is 0 Å². The van der Waals surface area contributed by atoms with Crippen LogP contribution in [0.3, 0.4) is 0 Å². The number of likely N-dealkylation sites (N-methyl/N-ethyl adjacent to an activating group) is 1. The van der Waals surface area contributed by atoms with Crippen LogP contribution in [0, 0.1) is 0 Å². The molecule has 0 heterocycles. The molecule has 0 spiro atoms. The van der Waals surface area contributed by atoms with Gasteiger partial charge in [-0.25, -0.2) is 0 Å². The maximum atomic E-state index is 11.3. The molecule has 4 nitrogen and oxygen atoms in total. The van der Waals surface area contributed by atoms with Crippen LogP contribution < -0.4 is 5.32 Å². The van der Waals surface area contributed by atoms with Gasteiger partial charge in [0.2, 0.25) is 0 Å². The number of para-hydroxylation sites is 1. The molecule has 13 heavy (non-hydrogen) atoms. The van der Waals surface area contributed by atoms with Gasteiger partial charge in [0.05, 0.1) is 12.1 Å². The molecular formula is C9H11NO3. The number of Topliss-reactive ketones (excluding diaryl/α,β-unsaturated/α-hetero) is 1. The molecule has 0 radical (unpaired) electrons. The van der Waals surface area contributed by atoms with E-state index < -0.39 is 0 Å². The molecule has 1 aromatic carbocycles. The van der Waals surface area contributed by atoms with Crippen LogP contribution in [0.15, 0.2) is 18.2 Å². The Hall–Kier alpha value is -1.55. The van der Waals surface area contributed by atoms with E-state index in [2.05, 4.69) is 5.32 Å². The molecule has 0 fully saturated rings. The summed E-state index contributed by atoms with van der Waals surface area (Å²) in [6.45, 7) is 0.136. The summed E-state index contributed by atoms with van der Waals surface area (Å²) in [6.07, 6.45) is 0. The molecule has 0 aliphatic rings. The highest BCUT2D eigenvalue weighted by Gasteiger charge is 2.12. The highest BCUT2D eigenvalue weighted by atomic mass is 16.3. The Labute approximate surface area is 75.8 Å². The van der Waals surface area contributed by atoms with Crippen LogP contribution in [0.5, 0.6) is 11.5 Å². The number of benzene rings is 1. The van der Waals surface area contributed by atoms with E-state index in [-0.39, 0.29) is 29.4 Å². The van der Waals surface area contributed by atoms with Gasteiger partial charge < -0.3 is 15.5 Å². The lowest BCUT2D eigenvalue weighted by molar-refractivity contribution is 0.0990. The second-order valence-electron chi connectivity index (χ2n) is 2.63. The van der Waals surface area contributed by atoms with Gasteiger partial charge in [0, 0.05) is 0 Å². The summed E-state index contributed by atoms with van der Waals surface area (Å²) in [6, 6.07) is 4.30. The molecule has 4 heteroatoms. The average Bonchev–Trinajstić information content (AvgIpc) is 2.10. The van der Waals surface area contributed by atoms with E-state index in [1.165, 1.54) is 18.2 Å². The number of phenols is 2. The van der Waals surface area contributed by atoms with Crippen molar-refractivity contribution in [1.29, 1.82) is 0 Å². The smallest absolute Gasteiger partial charge is 0.180 e. The van der Waals surface area contributed by atoms with Crippen LogP contribution in [0.4, 0.5) is 0 Å². The SMILES string of the molecule is CNCC(=O)c1cccc(O)c1O. The molecule has 3 N–H and O–H groups in total. The van der Waals surface area contributed by atoms with Crippen LogP contribution in [0.25, 0.3) is 0 Å². The lowest BCUT2D eigenvalue weighted by Crippen LogP contribution is -2.18. The van der Waals surface area contributed by atoms with Crippen molar-refractivity contribution in [3.8, 4) is 11.5 Å². The number of hydrogen-bond acceptors (Lipinski definition) is 4. The number of ketones is 1. The molecule has 0 bridgehead atoms. The molecular weight excluding hydrogens is 170 g/mol. The molecule has 0 unspecified atom stereocenters. The number of hydrogen-bond donors (Lipinski definition) is 3. The van der Waals surface area contributed by atoms with Gasteiger partial charge in [-0.3, -0.25) is 4.79 Å². The zero-order valence-corrected chi connectivity index (χ0v) is 7.24. The molecule has 0 aromatic heterocycles. The van der Waals surface area contributed by atoms with E-state index in [9.17, 15) is 9.90 Å². The van der Waals surface area contributed by atoms with Gasteiger partial charge >= 0.3 is 0 Å². The predicted octanol–water partition coefficient (Wildman–Crippen LogP) is 0.500. The summed E-state index contributed by atoms with van der Waals surface area (Å²) < 4.78 is 0. The van der Waals surface area contributed by atoms with E-state index in [1.807, 2.05) is 0 Å². The van der Waals surface area contributed by atoms with Gasteiger partial charge in [-0.15, -0.1) is 0 Å². The minimum Gasteiger partial charge on any atom is -0.504 e. The third kappa shape index (κ3) is 1.97. The highest BCUT2D eigenvalue weighted by Crippen LogP contribution is 2.28. The monoisotopic (exact) mass is 181 g/mol. The van der Waals surface area contributed by atoms with Crippen molar-refractivity contribution in [2.24, 2.45) is 0 Å². The quantitative estimate of drug-likeness (QED) is 0.469. The molecule has 0 amide bonds. The number of rotatable bonds is 3. The summed E-state index contributed by atoms with van der Waals surface area (Å²) in [5.74, 6) is -0.888. The lowest BCUT2D eigenvalue weighted by Gasteiger charge is -2.03. The predicted molar refractivity (Wildman–Crippen MR) is 48.0 cm³/mol. The van der Waals surface area contributed by atoms with E-state index >= 15 is 0 Å². The van der Waals surface area contributed by atoms with Gasteiger partial charge in [0.1, 0.15) is 0 Å². The summed E-state index contributed by atoms with van der Waals surface area (Å²) in [7, 11) is 1.64. The molecule has 0 saturated carbocycles. The topological polar surface area (TPSA) is 69.6 Å². The van der Waals surface area contributed by atoms with Crippen molar-refractivity contribution in [3.63, 3.8) is 0 Å². The van der Waals surface area contributed by atoms with Crippen LogP contribution >= 0.6 is 0 Å². The third-order valence-electron chi connectivity index (χ3n) is 1.65. The molecule has 0 saturated heterocycles.